The lowest BCUT2D eigenvalue weighted by molar-refractivity contribution is -0.384. The summed E-state index contributed by atoms with van der Waals surface area (Å²) in [5.74, 6) is 0.153. The fourth-order valence-electron chi connectivity index (χ4n) is 2.41. The molecule has 0 fully saturated rings. The van der Waals surface area contributed by atoms with Gasteiger partial charge in [-0.1, -0.05) is 18.2 Å². The SMILES string of the molecule is Cn1c(O)c(-c2ccc([N+](=O)[O-])cc2)c2ccccc21. The Bertz CT molecular complexity index is 804. The summed E-state index contributed by atoms with van der Waals surface area (Å²) in [5, 5.41) is 21.9. The van der Waals surface area contributed by atoms with E-state index in [0.29, 0.717) is 5.56 Å². The maximum absolute atomic E-state index is 10.7. The number of aromatic hydroxyl groups is 1. The van der Waals surface area contributed by atoms with Crippen molar-refractivity contribution in [2.75, 3.05) is 0 Å². The molecule has 0 aliphatic carbocycles. The normalized spacial score (nSPS) is 10.8. The molecule has 0 spiro atoms. The van der Waals surface area contributed by atoms with Crippen LogP contribution in [0.15, 0.2) is 48.5 Å². The van der Waals surface area contributed by atoms with E-state index in [1.54, 1.807) is 23.7 Å². The first-order chi connectivity index (χ1) is 9.59. The number of nitro groups is 1. The predicted molar refractivity (Wildman–Crippen MR) is 76.7 cm³/mol. The van der Waals surface area contributed by atoms with Crippen molar-refractivity contribution in [3.05, 3.63) is 58.6 Å². The number of non-ortho nitro benzene ring substituents is 1. The second kappa shape index (κ2) is 4.38. The molecule has 5 heteroatoms. The number of benzene rings is 2. The van der Waals surface area contributed by atoms with Crippen molar-refractivity contribution in [1.82, 2.24) is 4.57 Å². The third kappa shape index (κ3) is 1.72. The highest BCUT2D eigenvalue weighted by Gasteiger charge is 2.16. The van der Waals surface area contributed by atoms with Crippen LogP contribution in [0, 0.1) is 10.1 Å². The van der Waals surface area contributed by atoms with Gasteiger partial charge >= 0.3 is 0 Å². The Balaban J connectivity index is 2.24. The molecule has 1 aromatic heterocycles. The highest BCUT2D eigenvalue weighted by atomic mass is 16.6. The van der Waals surface area contributed by atoms with Crippen LogP contribution in [0.1, 0.15) is 0 Å². The number of aryl methyl sites for hydroxylation is 1. The van der Waals surface area contributed by atoms with Crippen molar-refractivity contribution >= 4 is 16.6 Å². The van der Waals surface area contributed by atoms with Crippen LogP contribution in [0.2, 0.25) is 0 Å². The molecule has 1 heterocycles. The van der Waals surface area contributed by atoms with Gasteiger partial charge in [0.25, 0.3) is 5.69 Å². The smallest absolute Gasteiger partial charge is 0.269 e. The molecule has 1 N–H and O–H groups in total. The van der Waals surface area contributed by atoms with E-state index in [2.05, 4.69) is 0 Å². The number of aromatic nitrogens is 1. The number of hydrogen-bond donors (Lipinski definition) is 1. The maximum Gasteiger partial charge on any atom is 0.269 e. The van der Waals surface area contributed by atoms with Crippen molar-refractivity contribution in [3.63, 3.8) is 0 Å². The molecule has 0 aliphatic heterocycles. The van der Waals surface area contributed by atoms with Gasteiger partial charge < -0.3 is 9.67 Å². The summed E-state index contributed by atoms with van der Waals surface area (Å²) < 4.78 is 1.70. The van der Waals surface area contributed by atoms with E-state index in [-0.39, 0.29) is 11.6 Å². The molecule has 0 unspecified atom stereocenters. The van der Waals surface area contributed by atoms with Gasteiger partial charge in [-0.25, -0.2) is 0 Å². The topological polar surface area (TPSA) is 68.3 Å². The average Bonchev–Trinajstić information content (AvgIpc) is 2.72. The van der Waals surface area contributed by atoms with Crippen molar-refractivity contribution in [2.24, 2.45) is 7.05 Å². The lowest BCUT2D eigenvalue weighted by Gasteiger charge is -2.01. The van der Waals surface area contributed by atoms with Gasteiger partial charge in [0.2, 0.25) is 0 Å². The van der Waals surface area contributed by atoms with E-state index in [4.69, 9.17) is 0 Å². The molecule has 0 radical (unpaired) electrons. The van der Waals surface area contributed by atoms with Gasteiger partial charge in [-0.2, -0.15) is 0 Å². The van der Waals surface area contributed by atoms with Gasteiger partial charge in [0.15, 0.2) is 5.88 Å². The summed E-state index contributed by atoms with van der Waals surface area (Å²) in [6.45, 7) is 0. The first kappa shape index (κ1) is 12.2. The molecule has 0 aliphatic rings. The van der Waals surface area contributed by atoms with Crippen LogP contribution in [0.3, 0.4) is 0 Å². The van der Waals surface area contributed by atoms with Gasteiger partial charge in [0.05, 0.1) is 16.0 Å². The lowest BCUT2D eigenvalue weighted by atomic mass is 10.0. The molecule has 0 saturated heterocycles. The van der Waals surface area contributed by atoms with Gasteiger partial charge in [-0.15, -0.1) is 0 Å². The number of fused-ring (bicyclic) bond motifs is 1. The Morgan fingerprint density at radius 3 is 2.40 bits per heavy atom. The van der Waals surface area contributed by atoms with Crippen LogP contribution in [0.4, 0.5) is 5.69 Å². The van der Waals surface area contributed by atoms with Crippen LogP contribution in [-0.4, -0.2) is 14.6 Å². The fraction of sp³-hybridized carbons (Fsp3) is 0.0667. The summed E-state index contributed by atoms with van der Waals surface area (Å²) in [5.41, 5.74) is 2.40. The van der Waals surface area contributed by atoms with E-state index >= 15 is 0 Å². The Hall–Kier alpha value is -2.82. The van der Waals surface area contributed by atoms with Gasteiger partial charge in [-0.3, -0.25) is 10.1 Å². The molecular formula is C15H12N2O3. The molecule has 0 bridgehead atoms. The van der Waals surface area contributed by atoms with Gasteiger partial charge in [-0.05, 0) is 23.8 Å². The van der Waals surface area contributed by atoms with Crippen molar-refractivity contribution in [3.8, 4) is 17.0 Å². The molecule has 3 aromatic rings. The first-order valence-electron chi connectivity index (χ1n) is 6.11. The standard InChI is InChI=1S/C15H12N2O3/c1-16-13-5-3-2-4-12(13)14(15(16)18)10-6-8-11(9-7-10)17(19)20/h2-9,18H,1H3. The molecule has 5 nitrogen and oxygen atoms in total. The van der Waals surface area contributed by atoms with Crippen LogP contribution in [-0.2, 0) is 7.05 Å². The third-order valence-corrected chi connectivity index (χ3v) is 3.44. The van der Waals surface area contributed by atoms with Gasteiger partial charge in [0.1, 0.15) is 0 Å². The summed E-state index contributed by atoms with van der Waals surface area (Å²) >= 11 is 0. The maximum atomic E-state index is 10.7. The largest absolute Gasteiger partial charge is 0.494 e. The summed E-state index contributed by atoms with van der Waals surface area (Å²) in [6.07, 6.45) is 0. The van der Waals surface area contributed by atoms with E-state index in [1.165, 1.54) is 12.1 Å². The van der Waals surface area contributed by atoms with E-state index in [9.17, 15) is 15.2 Å². The van der Waals surface area contributed by atoms with Crippen LogP contribution in [0.5, 0.6) is 5.88 Å². The Labute approximate surface area is 114 Å². The van der Waals surface area contributed by atoms with E-state index in [1.807, 2.05) is 24.3 Å². The molecular weight excluding hydrogens is 256 g/mol. The van der Waals surface area contributed by atoms with Gasteiger partial charge in [0, 0.05) is 24.6 Å². The molecule has 0 amide bonds. The first-order valence-corrected chi connectivity index (χ1v) is 6.11. The van der Waals surface area contributed by atoms with E-state index in [0.717, 1.165) is 16.5 Å². The Morgan fingerprint density at radius 1 is 1.10 bits per heavy atom. The number of hydrogen-bond acceptors (Lipinski definition) is 3. The quantitative estimate of drug-likeness (QED) is 0.571. The van der Waals surface area contributed by atoms with E-state index < -0.39 is 4.92 Å². The number of nitrogens with zero attached hydrogens (tertiary/aromatic N) is 2. The summed E-state index contributed by atoms with van der Waals surface area (Å²) in [6, 6.07) is 13.8. The zero-order valence-electron chi connectivity index (χ0n) is 10.8. The summed E-state index contributed by atoms with van der Waals surface area (Å²) in [7, 11) is 1.78. The lowest BCUT2D eigenvalue weighted by Crippen LogP contribution is -1.87. The second-order valence-electron chi connectivity index (χ2n) is 4.58. The minimum absolute atomic E-state index is 0.0356. The van der Waals surface area contributed by atoms with Crippen LogP contribution < -0.4 is 0 Å². The van der Waals surface area contributed by atoms with Crippen molar-refractivity contribution in [1.29, 1.82) is 0 Å². The van der Waals surface area contributed by atoms with Crippen molar-refractivity contribution < 1.29 is 10.0 Å². The average molecular weight is 268 g/mol. The zero-order chi connectivity index (χ0) is 14.3. The second-order valence-corrected chi connectivity index (χ2v) is 4.58. The predicted octanol–water partition coefficient (Wildman–Crippen LogP) is 3.46. The minimum atomic E-state index is -0.438. The summed E-state index contributed by atoms with van der Waals surface area (Å²) in [4.78, 5) is 10.2. The number of rotatable bonds is 2. The number of nitro benzene ring substituents is 1. The Morgan fingerprint density at radius 2 is 1.75 bits per heavy atom. The van der Waals surface area contributed by atoms with Crippen LogP contribution >= 0.6 is 0 Å². The highest BCUT2D eigenvalue weighted by Crippen LogP contribution is 2.38. The molecule has 2 aromatic carbocycles. The van der Waals surface area contributed by atoms with Crippen molar-refractivity contribution in [2.45, 2.75) is 0 Å². The molecule has 0 saturated carbocycles. The molecule has 0 atom stereocenters. The zero-order valence-corrected chi connectivity index (χ0v) is 10.8. The highest BCUT2D eigenvalue weighted by molar-refractivity contribution is 5.99. The monoisotopic (exact) mass is 268 g/mol. The third-order valence-electron chi connectivity index (χ3n) is 3.44. The van der Waals surface area contributed by atoms with Crippen LogP contribution in [0.25, 0.3) is 22.0 Å². The Kier molecular flexibility index (Phi) is 2.68. The fourth-order valence-corrected chi connectivity index (χ4v) is 2.41. The molecule has 20 heavy (non-hydrogen) atoms. The minimum Gasteiger partial charge on any atom is -0.494 e. The molecule has 3 rings (SSSR count). The molecule has 100 valence electrons. The number of para-hydroxylation sites is 1.